The van der Waals surface area contributed by atoms with Crippen LogP contribution in [0.3, 0.4) is 0 Å². The fraction of sp³-hybridized carbons (Fsp3) is 0.375. The van der Waals surface area contributed by atoms with Crippen molar-refractivity contribution in [2.75, 3.05) is 19.7 Å². The molecule has 0 spiro atoms. The van der Waals surface area contributed by atoms with Crippen molar-refractivity contribution >= 4 is 0 Å². The summed E-state index contributed by atoms with van der Waals surface area (Å²) < 4.78 is 2.04. The minimum atomic E-state index is 0.282. The molecule has 1 atom stereocenters. The Hall–Kier alpha value is -2.43. The molecule has 0 aliphatic carbocycles. The van der Waals surface area contributed by atoms with Crippen LogP contribution in [0, 0.1) is 19.8 Å². The Kier molecular flexibility index (Phi) is 5.60. The summed E-state index contributed by atoms with van der Waals surface area (Å²) in [7, 11) is 0. The quantitative estimate of drug-likeness (QED) is 0.720. The summed E-state index contributed by atoms with van der Waals surface area (Å²) in [5, 5.41) is 14.6. The number of rotatable bonds is 5. The lowest BCUT2D eigenvalue weighted by atomic mass is 9.98. The third-order valence-corrected chi connectivity index (χ3v) is 5.70. The molecule has 4 rings (SSSR count). The van der Waals surface area contributed by atoms with Crippen molar-refractivity contribution in [1.82, 2.24) is 14.7 Å². The molecular weight excluding hydrogens is 346 g/mol. The molecule has 0 unspecified atom stereocenters. The molecule has 3 aromatic rings. The van der Waals surface area contributed by atoms with Gasteiger partial charge in [-0.2, -0.15) is 5.10 Å². The largest absolute Gasteiger partial charge is 0.396 e. The van der Waals surface area contributed by atoms with Gasteiger partial charge in [0.15, 0.2) is 0 Å². The lowest BCUT2D eigenvalue weighted by Gasteiger charge is -2.31. The molecule has 1 N–H and O–H groups in total. The summed E-state index contributed by atoms with van der Waals surface area (Å²) in [6.07, 6.45) is 4.46. The Morgan fingerprint density at radius 3 is 2.71 bits per heavy atom. The van der Waals surface area contributed by atoms with Crippen LogP contribution in [0.4, 0.5) is 0 Å². The van der Waals surface area contributed by atoms with E-state index in [9.17, 15) is 5.11 Å². The van der Waals surface area contributed by atoms with Gasteiger partial charge in [0.25, 0.3) is 0 Å². The summed E-state index contributed by atoms with van der Waals surface area (Å²) >= 11 is 0. The van der Waals surface area contributed by atoms with Crippen LogP contribution in [0.2, 0.25) is 0 Å². The fourth-order valence-corrected chi connectivity index (χ4v) is 4.14. The minimum Gasteiger partial charge on any atom is -0.396 e. The highest BCUT2D eigenvalue weighted by Crippen LogP contribution is 2.27. The third-order valence-electron chi connectivity index (χ3n) is 5.70. The van der Waals surface area contributed by atoms with Crippen molar-refractivity contribution in [3.8, 4) is 16.9 Å². The summed E-state index contributed by atoms with van der Waals surface area (Å²) in [4.78, 5) is 2.46. The van der Waals surface area contributed by atoms with E-state index in [-0.39, 0.29) is 6.61 Å². The number of aryl methyl sites for hydroxylation is 2. The molecule has 28 heavy (non-hydrogen) atoms. The molecule has 0 bridgehead atoms. The Balaban J connectivity index is 1.71. The van der Waals surface area contributed by atoms with Gasteiger partial charge in [0.1, 0.15) is 0 Å². The molecule has 1 saturated heterocycles. The van der Waals surface area contributed by atoms with Crippen LogP contribution < -0.4 is 0 Å². The normalized spacial score (nSPS) is 17.8. The van der Waals surface area contributed by atoms with E-state index in [0.717, 1.165) is 49.4 Å². The smallest absolute Gasteiger partial charge is 0.0972 e. The average Bonchev–Trinajstić information content (AvgIpc) is 3.14. The minimum absolute atomic E-state index is 0.282. The average molecular weight is 376 g/mol. The van der Waals surface area contributed by atoms with E-state index >= 15 is 0 Å². The first-order chi connectivity index (χ1) is 13.6. The highest BCUT2D eigenvalue weighted by Gasteiger charge is 2.22. The summed E-state index contributed by atoms with van der Waals surface area (Å²) in [6.45, 7) is 7.44. The lowest BCUT2D eigenvalue weighted by Crippen LogP contribution is -2.36. The van der Waals surface area contributed by atoms with Gasteiger partial charge in [-0.25, -0.2) is 4.68 Å². The van der Waals surface area contributed by atoms with Gasteiger partial charge in [-0.05, 0) is 56.3 Å². The van der Waals surface area contributed by atoms with E-state index in [1.807, 2.05) is 10.7 Å². The van der Waals surface area contributed by atoms with Gasteiger partial charge in [0, 0.05) is 37.0 Å². The van der Waals surface area contributed by atoms with Crippen LogP contribution in [-0.4, -0.2) is 39.5 Å². The number of aliphatic hydroxyl groups excluding tert-OH is 1. The molecule has 0 amide bonds. The molecule has 2 heterocycles. The van der Waals surface area contributed by atoms with Crippen molar-refractivity contribution in [2.45, 2.75) is 33.2 Å². The highest BCUT2D eigenvalue weighted by atomic mass is 16.3. The van der Waals surface area contributed by atoms with E-state index in [2.05, 4.69) is 67.4 Å². The number of nitrogens with zero attached hydrogens (tertiary/aromatic N) is 3. The number of likely N-dealkylation sites (tertiary alicyclic amines) is 1. The van der Waals surface area contributed by atoms with Gasteiger partial charge in [0.2, 0.25) is 0 Å². The zero-order valence-corrected chi connectivity index (χ0v) is 16.8. The van der Waals surface area contributed by atoms with Gasteiger partial charge in [-0.1, -0.05) is 42.5 Å². The van der Waals surface area contributed by atoms with Crippen LogP contribution in [0.1, 0.15) is 29.5 Å². The first-order valence-corrected chi connectivity index (χ1v) is 10.2. The number of aliphatic hydroxyl groups is 1. The van der Waals surface area contributed by atoms with E-state index in [4.69, 9.17) is 5.10 Å². The predicted octanol–water partition coefficient (Wildman–Crippen LogP) is 4.36. The van der Waals surface area contributed by atoms with Crippen LogP contribution in [0.25, 0.3) is 16.9 Å². The van der Waals surface area contributed by atoms with E-state index in [1.165, 1.54) is 16.7 Å². The second-order valence-corrected chi connectivity index (χ2v) is 8.03. The topological polar surface area (TPSA) is 41.3 Å². The molecule has 4 nitrogen and oxygen atoms in total. The van der Waals surface area contributed by atoms with E-state index in [1.54, 1.807) is 0 Å². The molecule has 0 saturated carbocycles. The van der Waals surface area contributed by atoms with Crippen LogP contribution >= 0.6 is 0 Å². The van der Waals surface area contributed by atoms with Crippen LogP contribution in [0.5, 0.6) is 0 Å². The fourth-order valence-electron chi connectivity index (χ4n) is 4.14. The molecule has 1 aliphatic rings. The third kappa shape index (κ3) is 4.03. The van der Waals surface area contributed by atoms with Crippen LogP contribution in [-0.2, 0) is 6.54 Å². The molecular formula is C24H29N3O. The number of hydrogen-bond acceptors (Lipinski definition) is 3. The Morgan fingerprint density at radius 1 is 1.11 bits per heavy atom. The second kappa shape index (κ2) is 8.29. The molecule has 1 aromatic heterocycles. The summed E-state index contributed by atoms with van der Waals surface area (Å²) in [5.74, 6) is 0.392. The van der Waals surface area contributed by atoms with E-state index < -0.39 is 0 Å². The molecule has 146 valence electrons. The molecule has 4 heteroatoms. The standard InChI is InChI=1S/C24H29N3O/c1-18-10-11-19(2)23(13-18)27-16-22(15-26-12-6-7-20(14-26)17-28)24(25-27)21-8-4-3-5-9-21/h3-5,8-11,13,16,20,28H,6-7,12,14-15,17H2,1-2H3/t20-/m0/s1. The maximum absolute atomic E-state index is 9.57. The second-order valence-electron chi connectivity index (χ2n) is 8.03. The molecule has 1 aliphatic heterocycles. The van der Waals surface area contributed by atoms with Gasteiger partial charge >= 0.3 is 0 Å². The SMILES string of the molecule is Cc1ccc(C)c(-n2cc(CN3CCC[C@H](CO)C3)c(-c3ccccc3)n2)c1. The number of benzene rings is 2. The first kappa shape index (κ1) is 18.9. The summed E-state index contributed by atoms with van der Waals surface area (Å²) in [6, 6.07) is 16.9. The summed E-state index contributed by atoms with van der Waals surface area (Å²) in [5.41, 5.74) is 7.03. The van der Waals surface area contributed by atoms with Crippen molar-refractivity contribution in [1.29, 1.82) is 0 Å². The number of piperidine rings is 1. The maximum atomic E-state index is 9.57. The monoisotopic (exact) mass is 375 g/mol. The van der Waals surface area contributed by atoms with E-state index in [0.29, 0.717) is 5.92 Å². The predicted molar refractivity (Wildman–Crippen MR) is 114 cm³/mol. The zero-order valence-electron chi connectivity index (χ0n) is 16.8. The van der Waals surface area contributed by atoms with Crippen molar-refractivity contribution in [3.05, 3.63) is 71.4 Å². The Bertz CT molecular complexity index is 932. The number of hydrogen-bond donors (Lipinski definition) is 1. The van der Waals surface area contributed by atoms with Gasteiger partial charge < -0.3 is 5.11 Å². The van der Waals surface area contributed by atoms with Crippen LogP contribution in [0.15, 0.2) is 54.7 Å². The molecule has 1 fully saturated rings. The Labute approximate surface area is 167 Å². The molecule has 0 radical (unpaired) electrons. The van der Waals surface area contributed by atoms with Crippen molar-refractivity contribution in [2.24, 2.45) is 5.92 Å². The highest BCUT2D eigenvalue weighted by molar-refractivity contribution is 5.63. The number of aromatic nitrogens is 2. The first-order valence-electron chi connectivity index (χ1n) is 10.2. The van der Waals surface area contributed by atoms with Gasteiger partial charge in [0.05, 0.1) is 11.4 Å². The van der Waals surface area contributed by atoms with Crippen molar-refractivity contribution in [3.63, 3.8) is 0 Å². The zero-order chi connectivity index (χ0) is 19.5. The lowest BCUT2D eigenvalue weighted by molar-refractivity contribution is 0.116. The Morgan fingerprint density at radius 2 is 1.93 bits per heavy atom. The van der Waals surface area contributed by atoms with Crippen molar-refractivity contribution < 1.29 is 5.11 Å². The van der Waals surface area contributed by atoms with Gasteiger partial charge in [-0.15, -0.1) is 0 Å². The molecule has 2 aromatic carbocycles. The maximum Gasteiger partial charge on any atom is 0.0972 e. The van der Waals surface area contributed by atoms with Gasteiger partial charge in [-0.3, -0.25) is 4.90 Å².